The van der Waals surface area contributed by atoms with Crippen molar-refractivity contribution in [3.8, 4) is 5.75 Å². The lowest BCUT2D eigenvalue weighted by Gasteiger charge is -2.25. The average molecular weight is 720 g/mol. The highest BCUT2D eigenvalue weighted by molar-refractivity contribution is 7.12. The molecule has 13 nitrogen and oxygen atoms in total. The largest absolute Gasteiger partial charge is 0.489 e. The number of unbranched alkanes of at least 4 members (excludes halogenated alkanes) is 1. The predicted octanol–water partition coefficient (Wildman–Crippen LogP) is 2.74. The van der Waals surface area contributed by atoms with E-state index in [4.69, 9.17) is 50.9 Å². The maximum Gasteiger partial charge on any atom is 0.263 e. The van der Waals surface area contributed by atoms with E-state index in [0.29, 0.717) is 48.7 Å². The van der Waals surface area contributed by atoms with Crippen LogP contribution in [0.2, 0.25) is 10.0 Å². The van der Waals surface area contributed by atoms with Gasteiger partial charge in [0.05, 0.1) is 5.02 Å². The van der Waals surface area contributed by atoms with Crippen LogP contribution >= 0.6 is 34.5 Å². The van der Waals surface area contributed by atoms with Crippen LogP contribution in [0.4, 0.5) is 0 Å². The van der Waals surface area contributed by atoms with E-state index in [1.54, 1.807) is 47.8 Å². The van der Waals surface area contributed by atoms with Crippen molar-refractivity contribution in [3.63, 3.8) is 0 Å². The minimum Gasteiger partial charge on any atom is -0.489 e. The normalized spacial score (nSPS) is 12.6. The second-order valence-electron chi connectivity index (χ2n) is 10.7. The number of primary amides is 1. The number of aliphatic imine (C=N–C) groups is 1. The highest BCUT2D eigenvalue weighted by Gasteiger charge is 2.30. The quantitative estimate of drug-likeness (QED) is 0.0552. The number of halogens is 2. The Hall–Kier alpha value is -4.37. The van der Waals surface area contributed by atoms with Crippen molar-refractivity contribution in [2.75, 3.05) is 13.1 Å². The van der Waals surface area contributed by atoms with Crippen molar-refractivity contribution < 1.29 is 23.9 Å². The molecule has 3 atom stereocenters. The number of ether oxygens (including phenoxy) is 1. The van der Waals surface area contributed by atoms with Crippen molar-refractivity contribution in [1.29, 1.82) is 0 Å². The van der Waals surface area contributed by atoms with Gasteiger partial charge in [0.1, 0.15) is 35.4 Å². The molecule has 0 saturated carbocycles. The lowest BCUT2D eigenvalue weighted by molar-refractivity contribution is -0.132. The molecule has 48 heavy (non-hydrogen) atoms. The molecule has 0 aliphatic rings. The highest BCUT2D eigenvalue weighted by atomic mass is 35.5. The number of carbonyl (C=O) groups is 4. The molecular weight excluding hydrogens is 679 g/mol. The van der Waals surface area contributed by atoms with E-state index in [9.17, 15) is 19.2 Å². The zero-order valence-corrected chi connectivity index (χ0v) is 28.5. The van der Waals surface area contributed by atoms with Crippen LogP contribution in [0.5, 0.6) is 5.75 Å². The summed E-state index contributed by atoms with van der Waals surface area (Å²) in [5, 5.41) is 10.6. The number of amides is 4. The van der Waals surface area contributed by atoms with Gasteiger partial charge in [-0.3, -0.25) is 24.2 Å². The van der Waals surface area contributed by atoms with E-state index in [1.807, 2.05) is 12.1 Å². The predicted molar refractivity (Wildman–Crippen MR) is 188 cm³/mol. The van der Waals surface area contributed by atoms with E-state index in [0.717, 1.165) is 16.9 Å². The van der Waals surface area contributed by atoms with Gasteiger partial charge in [0, 0.05) is 11.6 Å². The molecule has 3 rings (SSSR count). The van der Waals surface area contributed by atoms with Crippen LogP contribution in [0.15, 0.2) is 65.0 Å². The first-order valence-electron chi connectivity index (χ1n) is 15.1. The Kier molecular flexibility index (Phi) is 15.4. The molecule has 258 valence electrons. The summed E-state index contributed by atoms with van der Waals surface area (Å²) in [6.07, 6.45) is 1.81. The number of thiophene rings is 1. The third kappa shape index (κ3) is 12.3. The van der Waals surface area contributed by atoms with Crippen LogP contribution in [0, 0.1) is 0 Å². The number of nitrogens with zero attached hydrogens (tertiary/aromatic N) is 1. The zero-order valence-electron chi connectivity index (χ0n) is 26.1. The van der Waals surface area contributed by atoms with Crippen molar-refractivity contribution in [3.05, 3.63) is 86.0 Å². The van der Waals surface area contributed by atoms with E-state index < -0.39 is 41.8 Å². The summed E-state index contributed by atoms with van der Waals surface area (Å²) in [5.41, 5.74) is 23.5. The number of hydrogen-bond acceptors (Lipinski definition) is 8. The van der Waals surface area contributed by atoms with Gasteiger partial charge in [-0.15, -0.1) is 11.3 Å². The maximum atomic E-state index is 13.6. The molecule has 0 saturated heterocycles. The Morgan fingerprint density at radius 1 is 0.812 bits per heavy atom. The van der Waals surface area contributed by atoms with Crippen LogP contribution in [0.25, 0.3) is 0 Å². The number of guanidine groups is 1. The monoisotopic (exact) mass is 718 g/mol. The van der Waals surface area contributed by atoms with Gasteiger partial charge in [0.2, 0.25) is 17.7 Å². The van der Waals surface area contributed by atoms with Gasteiger partial charge in [-0.05, 0) is 85.5 Å². The first-order chi connectivity index (χ1) is 23.0. The molecule has 3 aromatic rings. The second kappa shape index (κ2) is 19.5. The number of carbonyl (C=O) groups excluding carboxylic acids is 4. The Morgan fingerprint density at radius 3 is 2.06 bits per heavy atom. The standard InChI is InChI=1S/C32H40Cl2N8O5S/c33-21-10-6-19(7-11-21)18-47-22-12-8-20(9-13-22)26(28(36)43)42-30(45)24(4-1-2-15-35)40-29(44)25(5-3-16-39-32(37)38)41-31(46)27-23(34)14-17-48-27/h6-14,17,24-26H,1-5,15-16,18,35H2,(H2,36,43)(H,40,44)(H,41,46)(H,42,45)(H4,37,38,39)/t24-,25-,26+/m0/s1. The Balaban J connectivity index is 1.73. The van der Waals surface area contributed by atoms with Crippen LogP contribution in [-0.2, 0) is 21.0 Å². The lowest BCUT2D eigenvalue weighted by atomic mass is 10.0. The Labute approximate surface area is 292 Å². The van der Waals surface area contributed by atoms with Crippen LogP contribution in [0.3, 0.4) is 0 Å². The van der Waals surface area contributed by atoms with Crippen LogP contribution in [0.1, 0.15) is 58.9 Å². The van der Waals surface area contributed by atoms with E-state index >= 15 is 0 Å². The van der Waals surface area contributed by atoms with Gasteiger partial charge >= 0.3 is 0 Å². The number of benzene rings is 2. The van der Waals surface area contributed by atoms with Gasteiger partial charge in [0.25, 0.3) is 5.91 Å². The third-order valence-electron chi connectivity index (χ3n) is 7.07. The third-order valence-corrected chi connectivity index (χ3v) is 8.67. The van der Waals surface area contributed by atoms with E-state index in [-0.39, 0.29) is 35.2 Å². The topological polar surface area (TPSA) is 230 Å². The molecule has 0 spiro atoms. The first kappa shape index (κ1) is 38.1. The molecule has 1 heterocycles. The molecule has 0 radical (unpaired) electrons. The van der Waals surface area contributed by atoms with Crippen molar-refractivity contribution in [2.45, 2.75) is 56.8 Å². The number of nitrogens with two attached hydrogens (primary N) is 4. The smallest absolute Gasteiger partial charge is 0.263 e. The zero-order chi connectivity index (χ0) is 35.1. The van der Waals surface area contributed by atoms with E-state index in [2.05, 4.69) is 20.9 Å². The van der Waals surface area contributed by atoms with Gasteiger partial charge < -0.3 is 43.6 Å². The molecule has 16 heteroatoms. The summed E-state index contributed by atoms with van der Waals surface area (Å²) >= 11 is 13.2. The number of hydrogen-bond donors (Lipinski definition) is 7. The Morgan fingerprint density at radius 2 is 1.46 bits per heavy atom. The fraction of sp³-hybridized carbons (Fsp3) is 0.344. The molecule has 0 aliphatic carbocycles. The molecule has 0 aliphatic heterocycles. The van der Waals surface area contributed by atoms with Gasteiger partial charge in [0.15, 0.2) is 5.96 Å². The van der Waals surface area contributed by atoms with Crippen LogP contribution in [-0.4, -0.2) is 54.8 Å². The van der Waals surface area contributed by atoms with E-state index in [1.165, 1.54) is 0 Å². The molecule has 0 fully saturated rings. The summed E-state index contributed by atoms with van der Waals surface area (Å²) in [6.45, 7) is 0.893. The molecule has 0 unspecified atom stereocenters. The maximum absolute atomic E-state index is 13.6. The minimum atomic E-state index is -1.20. The van der Waals surface area contributed by atoms with Gasteiger partial charge in [-0.1, -0.05) is 47.5 Å². The summed E-state index contributed by atoms with van der Waals surface area (Å²) in [5.74, 6) is -2.18. The number of rotatable bonds is 19. The molecular formula is C32H40Cl2N8O5S. The first-order valence-corrected chi connectivity index (χ1v) is 16.8. The summed E-state index contributed by atoms with van der Waals surface area (Å²) in [4.78, 5) is 56.7. The molecule has 2 aromatic carbocycles. The molecule has 11 N–H and O–H groups in total. The fourth-order valence-corrected chi connectivity index (χ4v) is 5.72. The number of nitrogens with one attached hydrogen (secondary N) is 3. The SMILES string of the molecule is NCCCC[C@H](NC(=O)[C@H](CCCN=C(N)N)NC(=O)c1sccc1Cl)C(=O)N[C@@H](C(N)=O)c1ccc(OCc2ccc(Cl)cc2)cc1. The van der Waals surface area contributed by atoms with Crippen molar-refractivity contribution in [2.24, 2.45) is 27.9 Å². The molecule has 0 bridgehead atoms. The van der Waals surface area contributed by atoms with Crippen molar-refractivity contribution >= 4 is 64.1 Å². The summed E-state index contributed by atoms with van der Waals surface area (Å²) in [6, 6.07) is 12.0. The van der Waals surface area contributed by atoms with Gasteiger partial charge in [-0.25, -0.2) is 0 Å². The molecule has 1 aromatic heterocycles. The van der Waals surface area contributed by atoms with Gasteiger partial charge in [-0.2, -0.15) is 0 Å². The summed E-state index contributed by atoms with van der Waals surface area (Å²) < 4.78 is 5.81. The molecule has 4 amide bonds. The fourth-order valence-electron chi connectivity index (χ4n) is 4.55. The lowest BCUT2D eigenvalue weighted by Crippen LogP contribution is -2.54. The minimum absolute atomic E-state index is 0.105. The Bertz CT molecular complexity index is 1550. The van der Waals surface area contributed by atoms with Crippen molar-refractivity contribution in [1.82, 2.24) is 16.0 Å². The highest BCUT2D eigenvalue weighted by Crippen LogP contribution is 2.23. The summed E-state index contributed by atoms with van der Waals surface area (Å²) in [7, 11) is 0. The average Bonchev–Trinajstić information content (AvgIpc) is 3.50. The second-order valence-corrected chi connectivity index (χ2v) is 12.5. The van der Waals surface area contributed by atoms with Crippen LogP contribution < -0.4 is 43.6 Å².